The van der Waals surface area contributed by atoms with Crippen molar-refractivity contribution in [3.05, 3.63) is 70.5 Å². The van der Waals surface area contributed by atoms with Gasteiger partial charge in [0.15, 0.2) is 12.2 Å². The van der Waals surface area contributed by atoms with Gasteiger partial charge in [-0.15, -0.1) is 5.54 Å². The maximum absolute atomic E-state index is 15.3. The van der Waals surface area contributed by atoms with E-state index in [1.165, 1.54) is 12.1 Å². The van der Waals surface area contributed by atoms with Gasteiger partial charge in [0.25, 0.3) is 0 Å². The van der Waals surface area contributed by atoms with E-state index in [9.17, 15) is 24.3 Å². The molecule has 2 aromatic rings. The largest absolute Gasteiger partial charge is 0.463 e. The smallest absolute Gasteiger partial charge is 0.303 e. The minimum Gasteiger partial charge on any atom is -0.463 e. The molecular formula is C38H49FO10Si. The fourth-order valence-corrected chi connectivity index (χ4v) is 12.2. The molecule has 1 aliphatic heterocycles. The minimum absolute atomic E-state index is 0.0498. The van der Waals surface area contributed by atoms with Crippen LogP contribution < -0.4 is 0 Å². The van der Waals surface area contributed by atoms with Gasteiger partial charge in [-0.25, -0.2) is 4.39 Å². The van der Waals surface area contributed by atoms with E-state index in [0.717, 1.165) is 44.9 Å². The van der Waals surface area contributed by atoms with Crippen molar-refractivity contribution in [2.24, 2.45) is 0 Å². The average Bonchev–Trinajstić information content (AvgIpc) is 3.00. The standard InChI is InChI=1S/C38H49FO10Si/c1-22(2)50(23(3)4,24(5)6)18-17-29-11-13-30(14-12-29)19-31-20-32(15-16-33(31)39)38(44)37(48-28(10)43)36(47-27(9)42)35(46-26(8)41)34(49-38)21-45-25(7)40/h11-16,20,22-24,34-37,44H,19,21H2,1-10H3/t34-,35-,36+,37-,38-/m1/s1. The Kier molecular flexibility index (Phi) is 13.5. The van der Waals surface area contributed by atoms with Crippen molar-refractivity contribution < 1.29 is 52.4 Å². The summed E-state index contributed by atoms with van der Waals surface area (Å²) in [6.45, 7) is 17.4. The molecule has 0 radical (unpaired) electrons. The Hall–Kier alpha value is -4.05. The number of hydrogen-bond acceptors (Lipinski definition) is 10. The number of ether oxygens (including phenoxy) is 5. The van der Waals surface area contributed by atoms with Gasteiger partial charge in [0.2, 0.25) is 11.9 Å². The van der Waals surface area contributed by atoms with E-state index < -0.39 is 74.6 Å². The van der Waals surface area contributed by atoms with Gasteiger partial charge in [0.1, 0.15) is 26.6 Å². The van der Waals surface area contributed by atoms with Crippen LogP contribution in [0.1, 0.15) is 91.5 Å². The molecule has 1 saturated heterocycles. The first-order chi connectivity index (χ1) is 23.3. The number of aliphatic hydroxyl groups is 1. The van der Waals surface area contributed by atoms with Crippen molar-refractivity contribution in [1.82, 2.24) is 0 Å². The molecule has 50 heavy (non-hydrogen) atoms. The second kappa shape index (κ2) is 16.8. The molecule has 5 atom stereocenters. The molecule has 0 amide bonds. The Bertz CT molecular complexity index is 1590. The lowest BCUT2D eigenvalue weighted by atomic mass is 9.86. The minimum atomic E-state index is -2.57. The predicted molar refractivity (Wildman–Crippen MR) is 186 cm³/mol. The highest BCUT2D eigenvalue weighted by Crippen LogP contribution is 2.42. The van der Waals surface area contributed by atoms with Gasteiger partial charge < -0.3 is 28.8 Å². The van der Waals surface area contributed by atoms with Crippen molar-refractivity contribution in [2.45, 2.75) is 122 Å². The molecule has 0 unspecified atom stereocenters. The summed E-state index contributed by atoms with van der Waals surface area (Å²) in [4.78, 5) is 48.3. The van der Waals surface area contributed by atoms with Crippen LogP contribution in [0.3, 0.4) is 0 Å². The third kappa shape index (κ3) is 9.38. The van der Waals surface area contributed by atoms with E-state index in [-0.39, 0.29) is 17.5 Å². The monoisotopic (exact) mass is 712 g/mol. The lowest BCUT2D eigenvalue weighted by molar-refractivity contribution is -0.360. The number of rotatable bonds is 11. The maximum Gasteiger partial charge on any atom is 0.303 e. The Morgan fingerprint density at radius 1 is 0.820 bits per heavy atom. The van der Waals surface area contributed by atoms with Gasteiger partial charge in [-0.1, -0.05) is 65.7 Å². The quantitative estimate of drug-likeness (QED) is 0.130. The van der Waals surface area contributed by atoms with Crippen molar-refractivity contribution in [2.75, 3.05) is 6.61 Å². The zero-order chi connectivity index (χ0) is 37.6. The molecular weight excluding hydrogens is 663 g/mol. The molecule has 3 rings (SSSR count). The van der Waals surface area contributed by atoms with Gasteiger partial charge in [-0.05, 0) is 52.0 Å². The van der Waals surface area contributed by atoms with E-state index >= 15 is 4.39 Å². The van der Waals surface area contributed by atoms with Crippen LogP contribution in [-0.4, -0.2) is 68.1 Å². The third-order valence-electron chi connectivity index (χ3n) is 9.15. The molecule has 272 valence electrons. The predicted octanol–water partition coefficient (Wildman–Crippen LogP) is 5.89. The SMILES string of the molecule is CC(=O)OC[C@H]1O[C@](O)(c2ccc(F)c(Cc3ccc(C#C[Si](C(C)C)(C(C)C)C(C)C)cc3)c2)[C@H](OC(C)=O)[C@@H](OC(C)=O)[C@@H]1OC(C)=O. The van der Waals surface area contributed by atoms with Crippen LogP contribution in [-0.2, 0) is 55.1 Å². The first kappa shape index (κ1) is 40.4. The summed E-state index contributed by atoms with van der Waals surface area (Å²) in [6, 6.07) is 11.2. The van der Waals surface area contributed by atoms with E-state index in [4.69, 9.17) is 23.7 Å². The van der Waals surface area contributed by atoms with Crippen LogP contribution in [0.15, 0.2) is 42.5 Å². The molecule has 1 N–H and O–H groups in total. The first-order valence-corrected chi connectivity index (χ1v) is 19.0. The highest BCUT2D eigenvalue weighted by molar-refractivity contribution is 6.90. The molecule has 0 aliphatic carbocycles. The van der Waals surface area contributed by atoms with Gasteiger partial charge in [-0.2, -0.15) is 0 Å². The molecule has 1 aliphatic rings. The summed E-state index contributed by atoms with van der Waals surface area (Å²) in [6.07, 6.45) is -6.13. The summed E-state index contributed by atoms with van der Waals surface area (Å²) < 4.78 is 42.8. The molecule has 0 aromatic heterocycles. The molecule has 12 heteroatoms. The molecule has 0 spiro atoms. The summed E-state index contributed by atoms with van der Waals surface area (Å²) >= 11 is 0. The number of carbonyl (C=O) groups excluding carboxylic acids is 4. The number of hydrogen-bond donors (Lipinski definition) is 1. The lowest BCUT2D eigenvalue weighted by Gasteiger charge is -2.48. The average molecular weight is 713 g/mol. The summed E-state index contributed by atoms with van der Waals surface area (Å²) in [5.74, 6) is -2.98. The summed E-state index contributed by atoms with van der Waals surface area (Å²) in [5.41, 5.74) is 6.91. The topological polar surface area (TPSA) is 135 Å². The van der Waals surface area contributed by atoms with Gasteiger partial charge in [-0.3, -0.25) is 19.2 Å². The highest BCUT2D eigenvalue weighted by Gasteiger charge is 2.60. The summed E-state index contributed by atoms with van der Waals surface area (Å²) in [5, 5.41) is 12.2. The van der Waals surface area contributed by atoms with Crippen LogP contribution in [0.4, 0.5) is 4.39 Å². The fraction of sp³-hybridized carbons (Fsp3) is 0.526. The van der Waals surface area contributed by atoms with Crippen LogP contribution in [0, 0.1) is 17.3 Å². The number of benzene rings is 2. The Morgan fingerprint density at radius 3 is 1.86 bits per heavy atom. The van der Waals surface area contributed by atoms with Crippen LogP contribution in [0.2, 0.25) is 16.6 Å². The first-order valence-electron chi connectivity index (χ1n) is 16.8. The van der Waals surface area contributed by atoms with E-state index in [2.05, 4.69) is 53.0 Å². The zero-order valence-corrected chi connectivity index (χ0v) is 31.5. The van der Waals surface area contributed by atoms with Gasteiger partial charge in [0.05, 0.1) is 0 Å². The molecule has 0 saturated carbocycles. The summed E-state index contributed by atoms with van der Waals surface area (Å²) in [7, 11) is -1.94. The van der Waals surface area contributed by atoms with Crippen molar-refractivity contribution in [3.8, 4) is 11.5 Å². The lowest BCUT2D eigenvalue weighted by Crippen LogP contribution is -2.66. The Balaban J connectivity index is 2.05. The number of halogens is 1. The van der Waals surface area contributed by atoms with E-state index in [1.54, 1.807) is 0 Å². The van der Waals surface area contributed by atoms with Gasteiger partial charge >= 0.3 is 23.9 Å². The van der Waals surface area contributed by atoms with Crippen LogP contribution >= 0.6 is 0 Å². The Morgan fingerprint density at radius 2 is 1.36 bits per heavy atom. The molecule has 1 heterocycles. The molecule has 10 nitrogen and oxygen atoms in total. The highest BCUT2D eigenvalue weighted by atomic mass is 28.3. The van der Waals surface area contributed by atoms with Crippen LogP contribution in [0.25, 0.3) is 0 Å². The Labute approximate surface area is 295 Å². The van der Waals surface area contributed by atoms with E-state index in [1.807, 2.05) is 24.3 Å². The zero-order valence-electron chi connectivity index (χ0n) is 30.5. The number of esters is 4. The van der Waals surface area contributed by atoms with E-state index in [0.29, 0.717) is 16.6 Å². The second-order valence-corrected chi connectivity index (χ2v) is 19.2. The van der Waals surface area contributed by atoms with Crippen molar-refractivity contribution in [3.63, 3.8) is 0 Å². The molecule has 0 bridgehead atoms. The second-order valence-electron chi connectivity index (χ2n) is 13.7. The van der Waals surface area contributed by atoms with Gasteiger partial charge in [0, 0.05) is 45.2 Å². The third-order valence-corrected chi connectivity index (χ3v) is 15.4. The molecule has 1 fully saturated rings. The fourth-order valence-electron chi connectivity index (χ4n) is 6.99. The van der Waals surface area contributed by atoms with Crippen LogP contribution in [0.5, 0.6) is 0 Å². The number of carbonyl (C=O) groups is 4. The molecule has 2 aromatic carbocycles. The van der Waals surface area contributed by atoms with Crippen molar-refractivity contribution >= 4 is 32.0 Å². The maximum atomic E-state index is 15.3. The van der Waals surface area contributed by atoms with Crippen molar-refractivity contribution in [1.29, 1.82) is 0 Å². The normalized spacial score (nSPS) is 22.1.